The van der Waals surface area contributed by atoms with Crippen LogP contribution in [0.3, 0.4) is 0 Å². The van der Waals surface area contributed by atoms with E-state index in [1.54, 1.807) is 11.0 Å². The summed E-state index contributed by atoms with van der Waals surface area (Å²) >= 11 is 0. The van der Waals surface area contributed by atoms with Gasteiger partial charge in [0.05, 0.1) is 12.1 Å². The number of carbonyl (C=O) groups excluding carboxylic acids is 2. The van der Waals surface area contributed by atoms with Crippen LogP contribution in [0.15, 0.2) is 18.2 Å². The fraction of sp³-hybridized carbons (Fsp3) is 0.385. The first-order valence-corrected chi connectivity index (χ1v) is 6.17. The lowest BCUT2D eigenvalue weighted by molar-refractivity contribution is -0.128. The van der Waals surface area contributed by atoms with E-state index in [1.807, 2.05) is 0 Å². The Morgan fingerprint density at radius 2 is 1.95 bits per heavy atom. The Morgan fingerprint density at radius 3 is 2.53 bits per heavy atom. The number of hydrogen-bond donors (Lipinski definition) is 2. The molecule has 6 nitrogen and oxygen atoms in total. The van der Waals surface area contributed by atoms with Crippen LogP contribution in [0, 0.1) is 0 Å². The SMILES string of the molecule is Nc1cc(N)cc(C(=O)OCCN2CCCC2=O)c1. The Bertz CT molecular complexity index is 482. The second-order valence-corrected chi connectivity index (χ2v) is 4.51. The zero-order chi connectivity index (χ0) is 13.8. The van der Waals surface area contributed by atoms with Gasteiger partial charge in [0.2, 0.25) is 5.91 Å². The van der Waals surface area contributed by atoms with E-state index in [-0.39, 0.29) is 12.5 Å². The van der Waals surface area contributed by atoms with Crippen molar-refractivity contribution in [3.05, 3.63) is 23.8 Å². The summed E-state index contributed by atoms with van der Waals surface area (Å²) in [6.07, 6.45) is 1.46. The first kappa shape index (κ1) is 13.2. The Kier molecular flexibility index (Phi) is 3.89. The summed E-state index contributed by atoms with van der Waals surface area (Å²) in [6, 6.07) is 4.60. The molecule has 1 aromatic carbocycles. The highest BCUT2D eigenvalue weighted by Gasteiger charge is 2.20. The molecule has 0 atom stereocenters. The third-order valence-electron chi connectivity index (χ3n) is 2.98. The van der Waals surface area contributed by atoms with E-state index in [2.05, 4.69) is 0 Å². The zero-order valence-corrected chi connectivity index (χ0v) is 10.6. The third-order valence-corrected chi connectivity index (χ3v) is 2.98. The molecule has 1 amide bonds. The minimum Gasteiger partial charge on any atom is -0.460 e. The molecule has 1 saturated heterocycles. The van der Waals surface area contributed by atoms with Gasteiger partial charge < -0.3 is 21.1 Å². The van der Waals surface area contributed by atoms with Crippen molar-refractivity contribution in [2.45, 2.75) is 12.8 Å². The van der Waals surface area contributed by atoms with Crippen molar-refractivity contribution in [2.24, 2.45) is 0 Å². The van der Waals surface area contributed by atoms with Crippen molar-refractivity contribution in [2.75, 3.05) is 31.2 Å². The molecule has 0 spiro atoms. The Labute approximate surface area is 111 Å². The molecule has 0 aromatic heterocycles. The molecular formula is C13H17N3O3. The normalized spacial score (nSPS) is 14.7. The highest BCUT2D eigenvalue weighted by Crippen LogP contribution is 2.15. The second kappa shape index (κ2) is 5.60. The summed E-state index contributed by atoms with van der Waals surface area (Å²) in [5, 5.41) is 0. The monoisotopic (exact) mass is 263 g/mol. The van der Waals surface area contributed by atoms with Gasteiger partial charge >= 0.3 is 5.97 Å². The van der Waals surface area contributed by atoms with E-state index >= 15 is 0 Å². The molecule has 1 aromatic rings. The third kappa shape index (κ3) is 3.37. The summed E-state index contributed by atoms with van der Waals surface area (Å²) in [4.78, 5) is 24.8. The van der Waals surface area contributed by atoms with Gasteiger partial charge in [-0.1, -0.05) is 0 Å². The fourth-order valence-corrected chi connectivity index (χ4v) is 2.07. The first-order chi connectivity index (χ1) is 9.06. The molecule has 0 bridgehead atoms. The molecule has 0 saturated carbocycles. The van der Waals surface area contributed by atoms with Crippen LogP contribution in [-0.2, 0) is 9.53 Å². The Hall–Kier alpha value is -2.24. The number of amides is 1. The number of rotatable bonds is 4. The molecule has 6 heteroatoms. The molecule has 1 aliphatic rings. The molecule has 0 radical (unpaired) electrons. The molecule has 102 valence electrons. The summed E-state index contributed by atoms with van der Waals surface area (Å²) in [6.45, 7) is 1.35. The van der Waals surface area contributed by atoms with Crippen molar-refractivity contribution in [3.8, 4) is 0 Å². The number of carbonyl (C=O) groups is 2. The van der Waals surface area contributed by atoms with Gasteiger partial charge in [-0.05, 0) is 24.6 Å². The molecule has 19 heavy (non-hydrogen) atoms. The van der Waals surface area contributed by atoms with Gasteiger partial charge in [-0.15, -0.1) is 0 Å². The molecular weight excluding hydrogens is 246 g/mol. The van der Waals surface area contributed by atoms with Crippen molar-refractivity contribution in [1.82, 2.24) is 4.90 Å². The Morgan fingerprint density at radius 1 is 1.26 bits per heavy atom. The van der Waals surface area contributed by atoms with Crippen LogP contribution >= 0.6 is 0 Å². The van der Waals surface area contributed by atoms with Crippen molar-refractivity contribution in [1.29, 1.82) is 0 Å². The highest BCUT2D eigenvalue weighted by atomic mass is 16.5. The number of nitrogens with zero attached hydrogens (tertiary/aromatic N) is 1. The quantitative estimate of drug-likeness (QED) is 0.613. The van der Waals surface area contributed by atoms with Gasteiger partial charge in [-0.3, -0.25) is 4.79 Å². The van der Waals surface area contributed by atoms with Crippen LogP contribution in [0.2, 0.25) is 0 Å². The largest absolute Gasteiger partial charge is 0.460 e. The maximum Gasteiger partial charge on any atom is 0.338 e. The molecule has 0 aliphatic carbocycles. The molecule has 1 fully saturated rings. The minimum absolute atomic E-state index is 0.115. The van der Waals surface area contributed by atoms with Crippen LogP contribution in [0.5, 0.6) is 0 Å². The van der Waals surface area contributed by atoms with Gasteiger partial charge in [0.1, 0.15) is 6.61 Å². The molecule has 0 unspecified atom stereocenters. The van der Waals surface area contributed by atoms with E-state index < -0.39 is 5.97 Å². The number of likely N-dealkylation sites (tertiary alicyclic amines) is 1. The van der Waals surface area contributed by atoms with Crippen molar-refractivity contribution in [3.63, 3.8) is 0 Å². The lowest BCUT2D eigenvalue weighted by Crippen LogP contribution is -2.29. The van der Waals surface area contributed by atoms with Gasteiger partial charge in [0.15, 0.2) is 0 Å². The van der Waals surface area contributed by atoms with E-state index in [0.29, 0.717) is 29.9 Å². The number of hydrogen-bond acceptors (Lipinski definition) is 5. The molecule has 2 rings (SSSR count). The fourth-order valence-electron chi connectivity index (χ4n) is 2.07. The lowest BCUT2D eigenvalue weighted by Gasteiger charge is -2.15. The smallest absolute Gasteiger partial charge is 0.338 e. The number of nitrogens with two attached hydrogens (primary N) is 2. The standard InChI is InChI=1S/C13H17N3O3/c14-10-6-9(7-11(15)8-10)13(18)19-5-4-16-3-1-2-12(16)17/h6-8H,1-5,14-15H2. The maximum atomic E-state index is 11.8. The van der Waals surface area contributed by atoms with Crippen molar-refractivity contribution >= 4 is 23.3 Å². The van der Waals surface area contributed by atoms with Crippen molar-refractivity contribution < 1.29 is 14.3 Å². The molecule has 1 heterocycles. The number of benzene rings is 1. The summed E-state index contributed by atoms with van der Waals surface area (Å²) < 4.78 is 5.10. The average Bonchev–Trinajstić information content (AvgIpc) is 2.74. The summed E-state index contributed by atoms with van der Waals surface area (Å²) in [7, 11) is 0. The predicted molar refractivity (Wildman–Crippen MR) is 71.4 cm³/mol. The van der Waals surface area contributed by atoms with E-state index in [9.17, 15) is 9.59 Å². The summed E-state index contributed by atoms with van der Waals surface area (Å²) in [5.41, 5.74) is 12.4. The van der Waals surface area contributed by atoms with Gasteiger partial charge in [0, 0.05) is 24.3 Å². The average molecular weight is 263 g/mol. The van der Waals surface area contributed by atoms with Crippen LogP contribution in [0.1, 0.15) is 23.2 Å². The van der Waals surface area contributed by atoms with Gasteiger partial charge in [0.25, 0.3) is 0 Å². The van der Waals surface area contributed by atoms with Gasteiger partial charge in [-0.2, -0.15) is 0 Å². The molecule has 4 N–H and O–H groups in total. The number of ether oxygens (including phenoxy) is 1. The number of esters is 1. The summed E-state index contributed by atoms with van der Waals surface area (Å²) in [5.74, 6) is -0.366. The van der Waals surface area contributed by atoms with Crippen LogP contribution in [-0.4, -0.2) is 36.5 Å². The van der Waals surface area contributed by atoms with E-state index in [4.69, 9.17) is 16.2 Å². The van der Waals surface area contributed by atoms with E-state index in [1.165, 1.54) is 12.1 Å². The van der Waals surface area contributed by atoms with Crippen LogP contribution < -0.4 is 11.5 Å². The topological polar surface area (TPSA) is 98.7 Å². The molecule has 1 aliphatic heterocycles. The predicted octanol–water partition coefficient (Wildman–Crippen LogP) is 0.630. The number of anilines is 2. The maximum absolute atomic E-state index is 11.8. The Balaban J connectivity index is 1.85. The van der Waals surface area contributed by atoms with Crippen LogP contribution in [0.4, 0.5) is 11.4 Å². The number of nitrogen functional groups attached to an aromatic ring is 2. The van der Waals surface area contributed by atoms with Crippen LogP contribution in [0.25, 0.3) is 0 Å². The minimum atomic E-state index is -0.481. The highest BCUT2D eigenvalue weighted by molar-refractivity contribution is 5.91. The zero-order valence-electron chi connectivity index (χ0n) is 10.6. The van der Waals surface area contributed by atoms with Gasteiger partial charge in [-0.25, -0.2) is 4.79 Å². The lowest BCUT2D eigenvalue weighted by atomic mass is 10.2. The van der Waals surface area contributed by atoms with E-state index in [0.717, 1.165) is 13.0 Å². The first-order valence-electron chi connectivity index (χ1n) is 6.17. The second-order valence-electron chi connectivity index (χ2n) is 4.51.